The standard InChI is InChI=1S/C14H27N3O/c1-11-8-9-16(2)13(10-15)14(18)17(11)12-6-4-3-5-7-12/h11-13H,3-10,15H2,1-2H3. The molecule has 0 spiro atoms. The summed E-state index contributed by atoms with van der Waals surface area (Å²) >= 11 is 0. The lowest BCUT2D eigenvalue weighted by Gasteiger charge is -2.39. The Balaban J connectivity index is 2.16. The van der Waals surface area contributed by atoms with E-state index in [9.17, 15) is 4.79 Å². The van der Waals surface area contributed by atoms with E-state index in [1.807, 2.05) is 7.05 Å². The molecule has 104 valence electrons. The van der Waals surface area contributed by atoms with Crippen LogP contribution in [0.2, 0.25) is 0 Å². The van der Waals surface area contributed by atoms with Gasteiger partial charge in [0.1, 0.15) is 6.04 Å². The van der Waals surface area contributed by atoms with Crippen LogP contribution in [-0.2, 0) is 4.79 Å². The second kappa shape index (κ2) is 6.02. The maximum Gasteiger partial charge on any atom is 0.241 e. The van der Waals surface area contributed by atoms with Crippen LogP contribution in [0.25, 0.3) is 0 Å². The second-order valence-corrected chi connectivity index (χ2v) is 5.91. The summed E-state index contributed by atoms with van der Waals surface area (Å²) in [5.41, 5.74) is 5.80. The van der Waals surface area contributed by atoms with Crippen molar-refractivity contribution in [2.45, 2.75) is 63.6 Å². The van der Waals surface area contributed by atoms with Crippen LogP contribution in [0, 0.1) is 0 Å². The SMILES string of the molecule is CC1CCN(C)C(CN)C(=O)N1C1CCCCC1. The lowest BCUT2D eigenvalue weighted by Crippen LogP contribution is -2.53. The molecule has 1 amide bonds. The number of nitrogens with two attached hydrogens (primary N) is 1. The highest BCUT2D eigenvalue weighted by Gasteiger charge is 2.37. The minimum absolute atomic E-state index is 0.114. The van der Waals surface area contributed by atoms with Crippen molar-refractivity contribution in [3.8, 4) is 0 Å². The summed E-state index contributed by atoms with van der Waals surface area (Å²) in [6.07, 6.45) is 7.28. The van der Waals surface area contributed by atoms with Crippen LogP contribution in [0.1, 0.15) is 45.4 Å². The number of carbonyl (C=O) groups is 1. The topological polar surface area (TPSA) is 49.6 Å². The minimum Gasteiger partial charge on any atom is -0.336 e. The quantitative estimate of drug-likeness (QED) is 0.804. The van der Waals surface area contributed by atoms with Crippen LogP contribution in [0.5, 0.6) is 0 Å². The van der Waals surface area contributed by atoms with Gasteiger partial charge in [-0.1, -0.05) is 19.3 Å². The fourth-order valence-electron chi connectivity index (χ4n) is 3.44. The van der Waals surface area contributed by atoms with Crippen LogP contribution >= 0.6 is 0 Å². The van der Waals surface area contributed by atoms with E-state index in [-0.39, 0.29) is 11.9 Å². The third-order valence-electron chi connectivity index (χ3n) is 4.64. The molecule has 2 N–H and O–H groups in total. The van der Waals surface area contributed by atoms with Gasteiger partial charge in [-0.3, -0.25) is 9.69 Å². The zero-order valence-electron chi connectivity index (χ0n) is 11.8. The number of hydrogen-bond donors (Lipinski definition) is 1. The summed E-state index contributed by atoms with van der Waals surface area (Å²) in [4.78, 5) is 17.0. The molecule has 0 aromatic heterocycles. The molecular weight excluding hydrogens is 226 g/mol. The van der Waals surface area contributed by atoms with Gasteiger partial charge < -0.3 is 10.6 Å². The minimum atomic E-state index is -0.114. The fourth-order valence-corrected chi connectivity index (χ4v) is 3.44. The lowest BCUT2D eigenvalue weighted by atomic mass is 9.92. The van der Waals surface area contributed by atoms with Gasteiger partial charge in [0.25, 0.3) is 0 Å². The number of carbonyl (C=O) groups excluding carboxylic acids is 1. The number of rotatable bonds is 2. The predicted octanol–water partition coefficient (Wildman–Crippen LogP) is 1.20. The Hall–Kier alpha value is -0.610. The molecule has 2 aliphatic rings. The van der Waals surface area contributed by atoms with Gasteiger partial charge in [0, 0.05) is 25.2 Å². The molecule has 0 bridgehead atoms. The van der Waals surface area contributed by atoms with Gasteiger partial charge in [-0.05, 0) is 33.2 Å². The molecule has 4 heteroatoms. The summed E-state index contributed by atoms with van der Waals surface area (Å²) in [7, 11) is 2.02. The zero-order chi connectivity index (χ0) is 13.1. The lowest BCUT2D eigenvalue weighted by molar-refractivity contribution is -0.139. The van der Waals surface area contributed by atoms with Gasteiger partial charge in [-0.15, -0.1) is 0 Å². The Bertz CT molecular complexity index is 289. The smallest absolute Gasteiger partial charge is 0.241 e. The second-order valence-electron chi connectivity index (χ2n) is 5.91. The van der Waals surface area contributed by atoms with E-state index >= 15 is 0 Å². The van der Waals surface area contributed by atoms with Crippen molar-refractivity contribution < 1.29 is 4.79 Å². The molecule has 2 unspecified atom stereocenters. The summed E-state index contributed by atoms with van der Waals surface area (Å²) in [5, 5.41) is 0. The van der Waals surface area contributed by atoms with Crippen molar-refractivity contribution in [1.82, 2.24) is 9.80 Å². The van der Waals surface area contributed by atoms with E-state index < -0.39 is 0 Å². The van der Waals surface area contributed by atoms with Crippen LogP contribution in [0.4, 0.5) is 0 Å². The molecule has 0 aromatic rings. The average molecular weight is 253 g/mol. The summed E-state index contributed by atoms with van der Waals surface area (Å²) in [6, 6.07) is 0.707. The van der Waals surface area contributed by atoms with Gasteiger partial charge in [-0.25, -0.2) is 0 Å². The highest BCUT2D eigenvalue weighted by Crippen LogP contribution is 2.27. The first kappa shape index (κ1) is 13.8. The first-order valence-corrected chi connectivity index (χ1v) is 7.37. The first-order chi connectivity index (χ1) is 8.65. The van der Waals surface area contributed by atoms with Gasteiger partial charge in [0.15, 0.2) is 0 Å². The monoisotopic (exact) mass is 253 g/mol. The van der Waals surface area contributed by atoms with E-state index in [0.717, 1.165) is 13.0 Å². The Morgan fingerprint density at radius 2 is 1.89 bits per heavy atom. The molecule has 4 nitrogen and oxygen atoms in total. The predicted molar refractivity (Wildman–Crippen MR) is 73.3 cm³/mol. The molecular formula is C14H27N3O. The van der Waals surface area contributed by atoms with Crippen molar-refractivity contribution in [3.63, 3.8) is 0 Å². The maximum absolute atomic E-state index is 12.7. The molecule has 18 heavy (non-hydrogen) atoms. The number of likely N-dealkylation sites (N-methyl/N-ethyl adjacent to an activating group) is 1. The number of nitrogens with zero attached hydrogens (tertiary/aromatic N) is 2. The van der Waals surface area contributed by atoms with Gasteiger partial charge >= 0.3 is 0 Å². The first-order valence-electron chi connectivity index (χ1n) is 7.37. The summed E-state index contributed by atoms with van der Waals surface area (Å²) in [6.45, 7) is 3.60. The number of amides is 1. The van der Waals surface area contributed by atoms with E-state index in [4.69, 9.17) is 5.73 Å². The van der Waals surface area contributed by atoms with E-state index in [1.165, 1.54) is 32.1 Å². The largest absolute Gasteiger partial charge is 0.336 e. The van der Waals surface area contributed by atoms with Crippen molar-refractivity contribution in [2.75, 3.05) is 20.1 Å². The van der Waals surface area contributed by atoms with Crippen molar-refractivity contribution >= 4 is 5.91 Å². The summed E-state index contributed by atoms with van der Waals surface area (Å²) < 4.78 is 0. The van der Waals surface area contributed by atoms with Gasteiger partial charge in [0.2, 0.25) is 5.91 Å². The molecule has 2 fully saturated rings. The van der Waals surface area contributed by atoms with Gasteiger partial charge in [-0.2, -0.15) is 0 Å². The van der Waals surface area contributed by atoms with Crippen LogP contribution in [0.15, 0.2) is 0 Å². The Morgan fingerprint density at radius 3 is 2.50 bits per heavy atom. The summed E-state index contributed by atoms with van der Waals surface area (Å²) in [5.74, 6) is 0.261. The molecule has 2 atom stereocenters. The van der Waals surface area contributed by atoms with Crippen molar-refractivity contribution in [2.24, 2.45) is 5.73 Å². The number of hydrogen-bond acceptors (Lipinski definition) is 3. The Labute approximate surface area is 110 Å². The third-order valence-corrected chi connectivity index (χ3v) is 4.64. The highest BCUT2D eigenvalue weighted by atomic mass is 16.2. The molecule has 1 saturated carbocycles. The van der Waals surface area contributed by atoms with E-state index in [0.29, 0.717) is 18.6 Å². The normalized spacial score (nSPS) is 32.6. The molecule has 1 heterocycles. The molecule has 1 aliphatic heterocycles. The van der Waals surface area contributed by atoms with Gasteiger partial charge in [0.05, 0.1) is 0 Å². The molecule has 1 aliphatic carbocycles. The van der Waals surface area contributed by atoms with Crippen LogP contribution in [0.3, 0.4) is 0 Å². The maximum atomic E-state index is 12.7. The molecule has 0 aromatic carbocycles. The molecule has 2 rings (SSSR count). The van der Waals surface area contributed by atoms with Crippen LogP contribution in [-0.4, -0.2) is 54.0 Å². The Morgan fingerprint density at radius 1 is 1.22 bits per heavy atom. The fraction of sp³-hybridized carbons (Fsp3) is 0.929. The molecule has 1 saturated heterocycles. The van der Waals surface area contributed by atoms with Crippen molar-refractivity contribution in [3.05, 3.63) is 0 Å². The van der Waals surface area contributed by atoms with E-state index in [2.05, 4.69) is 16.7 Å². The van der Waals surface area contributed by atoms with Crippen LogP contribution < -0.4 is 5.73 Å². The third kappa shape index (κ3) is 2.69. The average Bonchev–Trinajstić information content (AvgIpc) is 2.48. The van der Waals surface area contributed by atoms with E-state index in [1.54, 1.807) is 0 Å². The molecule has 0 radical (unpaired) electrons. The Kier molecular flexibility index (Phi) is 4.62. The van der Waals surface area contributed by atoms with Crippen molar-refractivity contribution in [1.29, 1.82) is 0 Å². The zero-order valence-corrected chi connectivity index (χ0v) is 11.8. The highest BCUT2D eigenvalue weighted by molar-refractivity contribution is 5.83.